The molecule has 0 aromatic heterocycles. The molecular formula is C22H18BrFN2O. The molecule has 3 aromatic carbocycles. The predicted octanol–water partition coefficient (Wildman–Crippen LogP) is 5.36. The van der Waals surface area contributed by atoms with E-state index in [1.54, 1.807) is 29.2 Å². The minimum atomic E-state index is -0.374. The smallest absolute Gasteiger partial charge is 0.151 e. The van der Waals surface area contributed by atoms with Crippen molar-refractivity contribution < 1.29 is 9.18 Å². The molecule has 0 unspecified atom stereocenters. The first-order valence-electron chi connectivity index (χ1n) is 8.37. The third-order valence-electron chi connectivity index (χ3n) is 4.28. The minimum absolute atomic E-state index is 0.256. The van der Waals surface area contributed by atoms with Crippen molar-refractivity contribution >= 4 is 38.9 Å². The number of nitrogen functional groups attached to an aromatic ring is 1. The van der Waals surface area contributed by atoms with Crippen molar-refractivity contribution in [1.29, 1.82) is 0 Å². The van der Waals surface area contributed by atoms with Crippen molar-refractivity contribution in [3.8, 4) is 0 Å². The summed E-state index contributed by atoms with van der Waals surface area (Å²) in [5.74, 6) is 1.65. The SMILES string of the molecule is Cc1ccc(F)cc1N(Cc1ccccc1)C(=C=O)c1cc(Br)ccc1N. The van der Waals surface area contributed by atoms with Gasteiger partial charge in [0, 0.05) is 28.0 Å². The van der Waals surface area contributed by atoms with Gasteiger partial charge in [-0.3, -0.25) is 0 Å². The summed E-state index contributed by atoms with van der Waals surface area (Å²) in [5.41, 5.74) is 9.78. The molecule has 0 amide bonds. The second-order valence-electron chi connectivity index (χ2n) is 6.18. The van der Waals surface area contributed by atoms with Crippen LogP contribution in [-0.2, 0) is 11.3 Å². The first kappa shape index (κ1) is 18.9. The van der Waals surface area contributed by atoms with Crippen LogP contribution in [0.25, 0.3) is 5.70 Å². The average molecular weight is 425 g/mol. The summed E-state index contributed by atoms with van der Waals surface area (Å²) in [6, 6.07) is 19.5. The number of anilines is 2. The summed E-state index contributed by atoms with van der Waals surface area (Å²) in [6.45, 7) is 2.25. The summed E-state index contributed by atoms with van der Waals surface area (Å²) in [6.07, 6.45) is 0. The van der Waals surface area contributed by atoms with Crippen LogP contribution >= 0.6 is 15.9 Å². The van der Waals surface area contributed by atoms with Gasteiger partial charge in [0.1, 0.15) is 11.5 Å². The van der Waals surface area contributed by atoms with E-state index in [-0.39, 0.29) is 11.5 Å². The molecule has 0 aliphatic carbocycles. The fourth-order valence-corrected chi connectivity index (χ4v) is 3.27. The third kappa shape index (κ3) is 4.27. The van der Waals surface area contributed by atoms with E-state index in [0.29, 0.717) is 23.5 Å². The number of hydrogen-bond donors (Lipinski definition) is 1. The maximum Gasteiger partial charge on any atom is 0.151 e. The molecule has 0 radical (unpaired) electrons. The Morgan fingerprint density at radius 1 is 1.11 bits per heavy atom. The lowest BCUT2D eigenvalue weighted by atomic mass is 10.1. The molecule has 2 N–H and O–H groups in total. The molecule has 3 rings (SSSR count). The highest BCUT2D eigenvalue weighted by molar-refractivity contribution is 9.10. The van der Waals surface area contributed by atoms with Crippen LogP contribution in [-0.4, -0.2) is 5.94 Å². The zero-order chi connectivity index (χ0) is 19.4. The molecule has 0 aliphatic rings. The molecule has 3 nitrogen and oxygen atoms in total. The summed E-state index contributed by atoms with van der Waals surface area (Å²) in [7, 11) is 0. The standard InChI is InChI=1S/C22H18BrFN2O/c1-15-7-9-18(24)12-21(15)26(13-16-5-3-2-4-6-16)22(14-27)19-11-17(23)8-10-20(19)25/h2-12H,13,25H2,1H3. The van der Waals surface area contributed by atoms with Gasteiger partial charge in [0.2, 0.25) is 0 Å². The number of aryl methyl sites for hydroxylation is 1. The van der Waals surface area contributed by atoms with Crippen LogP contribution in [0.15, 0.2) is 71.2 Å². The molecule has 0 bridgehead atoms. The van der Waals surface area contributed by atoms with Crippen molar-refractivity contribution in [2.75, 3.05) is 10.6 Å². The molecule has 5 heteroatoms. The van der Waals surface area contributed by atoms with Gasteiger partial charge in [-0.15, -0.1) is 0 Å². The van der Waals surface area contributed by atoms with Gasteiger partial charge in [0.05, 0.1) is 0 Å². The zero-order valence-electron chi connectivity index (χ0n) is 14.7. The van der Waals surface area contributed by atoms with Gasteiger partial charge in [-0.1, -0.05) is 52.3 Å². The number of halogens is 2. The summed E-state index contributed by atoms with van der Waals surface area (Å²) in [4.78, 5) is 13.8. The van der Waals surface area contributed by atoms with E-state index < -0.39 is 0 Å². The first-order valence-corrected chi connectivity index (χ1v) is 9.17. The molecule has 0 saturated carbocycles. The van der Waals surface area contributed by atoms with E-state index in [1.807, 2.05) is 43.2 Å². The lowest BCUT2D eigenvalue weighted by Gasteiger charge is -2.28. The van der Waals surface area contributed by atoms with Crippen molar-refractivity contribution in [3.63, 3.8) is 0 Å². The molecule has 0 spiro atoms. The normalized spacial score (nSPS) is 10.3. The highest BCUT2D eigenvalue weighted by Gasteiger charge is 2.20. The van der Waals surface area contributed by atoms with Crippen LogP contribution in [0, 0.1) is 12.7 Å². The molecule has 27 heavy (non-hydrogen) atoms. The Morgan fingerprint density at radius 3 is 2.56 bits per heavy atom. The van der Waals surface area contributed by atoms with Crippen molar-refractivity contribution in [1.82, 2.24) is 0 Å². The predicted molar refractivity (Wildman–Crippen MR) is 111 cm³/mol. The molecule has 3 aromatic rings. The maximum absolute atomic E-state index is 14.0. The lowest BCUT2D eigenvalue weighted by Crippen LogP contribution is -2.23. The minimum Gasteiger partial charge on any atom is -0.398 e. The Hall–Kier alpha value is -2.88. The van der Waals surface area contributed by atoms with Crippen molar-refractivity contribution in [2.24, 2.45) is 0 Å². The largest absolute Gasteiger partial charge is 0.398 e. The van der Waals surface area contributed by atoms with E-state index in [0.717, 1.165) is 15.6 Å². The van der Waals surface area contributed by atoms with Gasteiger partial charge in [-0.2, -0.15) is 0 Å². The number of nitrogens with two attached hydrogens (primary N) is 1. The van der Waals surface area contributed by atoms with Crippen LogP contribution in [0.1, 0.15) is 16.7 Å². The van der Waals surface area contributed by atoms with Crippen LogP contribution in [0.3, 0.4) is 0 Å². The van der Waals surface area contributed by atoms with Gasteiger partial charge in [-0.25, -0.2) is 9.18 Å². The summed E-state index contributed by atoms with van der Waals surface area (Å²) >= 11 is 3.41. The molecule has 136 valence electrons. The van der Waals surface area contributed by atoms with Gasteiger partial charge < -0.3 is 10.6 Å². The van der Waals surface area contributed by atoms with Gasteiger partial charge >= 0.3 is 0 Å². The average Bonchev–Trinajstić information content (AvgIpc) is 2.67. The highest BCUT2D eigenvalue weighted by Crippen LogP contribution is 2.33. The fraction of sp³-hybridized carbons (Fsp3) is 0.0909. The Kier molecular flexibility index (Phi) is 5.75. The first-order chi connectivity index (χ1) is 13.0. The van der Waals surface area contributed by atoms with Crippen LogP contribution in [0.4, 0.5) is 15.8 Å². The van der Waals surface area contributed by atoms with Crippen LogP contribution in [0.2, 0.25) is 0 Å². The molecule has 0 saturated heterocycles. The third-order valence-corrected chi connectivity index (χ3v) is 4.78. The topological polar surface area (TPSA) is 46.3 Å². The molecule has 0 fully saturated rings. The number of hydrogen-bond acceptors (Lipinski definition) is 3. The fourth-order valence-electron chi connectivity index (χ4n) is 2.91. The Morgan fingerprint density at radius 2 is 1.85 bits per heavy atom. The quantitative estimate of drug-likeness (QED) is 0.442. The highest BCUT2D eigenvalue weighted by atomic mass is 79.9. The monoisotopic (exact) mass is 424 g/mol. The number of nitrogens with zero attached hydrogens (tertiary/aromatic N) is 1. The van der Waals surface area contributed by atoms with E-state index in [4.69, 9.17) is 5.73 Å². The summed E-state index contributed by atoms with van der Waals surface area (Å²) < 4.78 is 14.8. The second kappa shape index (κ2) is 8.21. The zero-order valence-corrected chi connectivity index (χ0v) is 16.3. The molecule has 0 heterocycles. The summed E-state index contributed by atoms with van der Waals surface area (Å²) in [5, 5.41) is 0. The Bertz CT molecular complexity index is 1010. The molecular weight excluding hydrogens is 407 g/mol. The molecule has 0 atom stereocenters. The van der Waals surface area contributed by atoms with Gasteiger partial charge in [0.15, 0.2) is 5.94 Å². The number of rotatable bonds is 5. The van der Waals surface area contributed by atoms with Crippen molar-refractivity contribution in [2.45, 2.75) is 13.5 Å². The van der Waals surface area contributed by atoms with Crippen LogP contribution in [0.5, 0.6) is 0 Å². The van der Waals surface area contributed by atoms with Crippen LogP contribution < -0.4 is 10.6 Å². The van der Waals surface area contributed by atoms with E-state index in [9.17, 15) is 9.18 Å². The maximum atomic E-state index is 14.0. The number of benzene rings is 3. The van der Waals surface area contributed by atoms with Gasteiger partial charge in [-0.05, 0) is 48.4 Å². The number of carbonyl (C=O) groups excluding carboxylic acids is 1. The van der Waals surface area contributed by atoms with Gasteiger partial charge in [0.25, 0.3) is 0 Å². The Balaban J connectivity index is 2.17. The lowest BCUT2D eigenvalue weighted by molar-refractivity contribution is 0.569. The second-order valence-corrected chi connectivity index (χ2v) is 7.10. The Labute approximate surface area is 166 Å². The van der Waals surface area contributed by atoms with E-state index in [1.165, 1.54) is 12.1 Å². The molecule has 0 aliphatic heterocycles. The van der Waals surface area contributed by atoms with E-state index >= 15 is 0 Å². The van der Waals surface area contributed by atoms with Crippen molar-refractivity contribution in [3.05, 3.63) is 93.7 Å². The van der Waals surface area contributed by atoms with E-state index in [2.05, 4.69) is 15.9 Å².